The van der Waals surface area contributed by atoms with Crippen molar-refractivity contribution in [3.63, 3.8) is 0 Å². The lowest BCUT2D eigenvalue weighted by Gasteiger charge is -1.99. The van der Waals surface area contributed by atoms with E-state index in [0.29, 0.717) is 0 Å². The molecule has 0 amide bonds. The highest BCUT2D eigenvalue weighted by atomic mass is 32.1. The van der Waals surface area contributed by atoms with Crippen LogP contribution in [0.25, 0.3) is 0 Å². The van der Waals surface area contributed by atoms with Gasteiger partial charge in [0.1, 0.15) is 0 Å². The first-order chi connectivity index (χ1) is 6.34. The van der Waals surface area contributed by atoms with Crippen molar-refractivity contribution in [3.05, 3.63) is 52.2 Å². The Kier molecular flexibility index (Phi) is 2.32. The Morgan fingerprint density at radius 1 is 1.15 bits per heavy atom. The summed E-state index contributed by atoms with van der Waals surface area (Å²) in [5.41, 5.74) is 7.81. The average Bonchev–Trinajstić information content (AvgIpc) is 2.57. The van der Waals surface area contributed by atoms with Crippen molar-refractivity contribution in [1.29, 1.82) is 0 Å². The molecule has 0 aliphatic carbocycles. The van der Waals surface area contributed by atoms with Crippen molar-refractivity contribution < 1.29 is 0 Å². The molecule has 0 fully saturated rings. The minimum Gasteiger partial charge on any atom is -0.399 e. The molecule has 2 aromatic rings. The monoisotopic (exact) mass is 189 g/mol. The van der Waals surface area contributed by atoms with Gasteiger partial charge < -0.3 is 5.73 Å². The van der Waals surface area contributed by atoms with Gasteiger partial charge in [0.05, 0.1) is 0 Å². The smallest absolute Gasteiger partial charge is 0.0316 e. The largest absolute Gasteiger partial charge is 0.399 e. The van der Waals surface area contributed by atoms with Gasteiger partial charge in [0.25, 0.3) is 0 Å². The molecule has 0 saturated heterocycles. The van der Waals surface area contributed by atoms with Crippen LogP contribution in [-0.4, -0.2) is 0 Å². The van der Waals surface area contributed by atoms with E-state index in [2.05, 4.69) is 23.6 Å². The number of hydrogen-bond donors (Lipinski definition) is 1. The molecule has 0 unspecified atom stereocenters. The summed E-state index contributed by atoms with van der Waals surface area (Å²) >= 11 is 1.78. The van der Waals surface area contributed by atoms with Gasteiger partial charge in [-0.3, -0.25) is 0 Å². The zero-order valence-electron chi connectivity index (χ0n) is 7.23. The number of nitrogens with two attached hydrogens (primary N) is 1. The summed E-state index contributed by atoms with van der Waals surface area (Å²) in [7, 11) is 0. The van der Waals surface area contributed by atoms with Gasteiger partial charge in [-0.2, -0.15) is 0 Å². The van der Waals surface area contributed by atoms with Crippen molar-refractivity contribution in [2.45, 2.75) is 6.42 Å². The third-order valence-corrected chi connectivity index (χ3v) is 2.79. The van der Waals surface area contributed by atoms with Crippen molar-refractivity contribution in [1.82, 2.24) is 0 Å². The van der Waals surface area contributed by atoms with Crippen molar-refractivity contribution in [2.24, 2.45) is 0 Å². The van der Waals surface area contributed by atoms with E-state index in [0.717, 1.165) is 12.1 Å². The van der Waals surface area contributed by atoms with E-state index in [1.54, 1.807) is 11.3 Å². The number of hydrogen-bond acceptors (Lipinski definition) is 2. The summed E-state index contributed by atoms with van der Waals surface area (Å²) < 4.78 is 0. The van der Waals surface area contributed by atoms with Crippen LogP contribution in [0.5, 0.6) is 0 Å². The molecular formula is C11H11NS. The summed E-state index contributed by atoms with van der Waals surface area (Å²) in [6, 6.07) is 12.3. The van der Waals surface area contributed by atoms with Crippen LogP contribution < -0.4 is 5.73 Å². The molecule has 2 rings (SSSR count). The second-order valence-corrected chi connectivity index (χ2v) is 4.03. The molecule has 66 valence electrons. The zero-order valence-corrected chi connectivity index (χ0v) is 8.05. The number of thiophene rings is 1. The molecular weight excluding hydrogens is 178 g/mol. The van der Waals surface area contributed by atoms with Crippen LogP contribution >= 0.6 is 11.3 Å². The van der Waals surface area contributed by atoms with Crippen LogP contribution in [0.3, 0.4) is 0 Å². The summed E-state index contributed by atoms with van der Waals surface area (Å²) in [4.78, 5) is 1.38. The molecule has 0 saturated carbocycles. The molecule has 0 aliphatic heterocycles. The van der Waals surface area contributed by atoms with Crippen LogP contribution in [-0.2, 0) is 6.42 Å². The van der Waals surface area contributed by atoms with Crippen molar-refractivity contribution >= 4 is 17.0 Å². The Balaban J connectivity index is 2.19. The summed E-state index contributed by atoms with van der Waals surface area (Å²) in [5, 5.41) is 2.10. The fourth-order valence-corrected chi connectivity index (χ4v) is 2.06. The van der Waals surface area contributed by atoms with Gasteiger partial charge in [0.15, 0.2) is 0 Å². The van der Waals surface area contributed by atoms with Crippen LogP contribution in [0.1, 0.15) is 10.4 Å². The normalized spacial score (nSPS) is 10.2. The molecule has 0 atom stereocenters. The van der Waals surface area contributed by atoms with Gasteiger partial charge in [0.2, 0.25) is 0 Å². The van der Waals surface area contributed by atoms with Crippen LogP contribution in [0.4, 0.5) is 5.69 Å². The molecule has 1 aromatic carbocycles. The highest BCUT2D eigenvalue weighted by molar-refractivity contribution is 7.09. The van der Waals surface area contributed by atoms with E-state index >= 15 is 0 Å². The summed E-state index contributed by atoms with van der Waals surface area (Å²) in [5.74, 6) is 0. The Labute approximate surface area is 81.8 Å². The SMILES string of the molecule is Nc1cccc(Cc2cccs2)c1. The minimum absolute atomic E-state index is 0.842. The predicted octanol–water partition coefficient (Wildman–Crippen LogP) is 2.92. The maximum atomic E-state index is 5.69. The van der Waals surface area contributed by atoms with Gasteiger partial charge in [-0.05, 0) is 29.1 Å². The van der Waals surface area contributed by atoms with Crippen molar-refractivity contribution in [2.75, 3.05) is 5.73 Å². The third kappa shape index (κ3) is 2.10. The summed E-state index contributed by atoms with van der Waals surface area (Å²) in [6.45, 7) is 0. The highest BCUT2D eigenvalue weighted by Gasteiger charge is 1.96. The Morgan fingerprint density at radius 3 is 2.77 bits per heavy atom. The van der Waals surface area contributed by atoms with E-state index in [4.69, 9.17) is 5.73 Å². The van der Waals surface area contributed by atoms with Gasteiger partial charge >= 0.3 is 0 Å². The lowest BCUT2D eigenvalue weighted by atomic mass is 10.1. The maximum Gasteiger partial charge on any atom is 0.0316 e. The number of anilines is 1. The molecule has 1 aromatic heterocycles. The molecule has 13 heavy (non-hydrogen) atoms. The van der Waals surface area contributed by atoms with Crippen LogP contribution in [0.15, 0.2) is 41.8 Å². The Bertz CT molecular complexity index is 379. The number of nitrogen functional groups attached to an aromatic ring is 1. The van der Waals surface area contributed by atoms with E-state index in [9.17, 15) is 0 Å². The lowest BCUT2D eigenvalue weighted by molar-refractivity contribution is 1.24. The highest BCUT2D eigenvalue weighted by Crippen LogP contribution is 2.16. The van der Waals surface area contributed by atoms with Gasteiger partial charge in [-0.25, -0.2) is 0 Å². The van der Waals surface area contributed by atoms with E-state index in [1.165, 1.54) is 10.4 Å². The fraction of sp³-hybridized carbons (Fsp3) is 0.0909. The summed E-state index contributed by atoms with van der Waals surface area (Å²) in [6.07, 6.45) is 0.989. The number of benzene rings is 1. The van der Waals surface area contributed by atoms with E-state index < -0.39 is 0 Å². The molecule has 0 aliphatic rings. The minimum atomic E-state index is 0.842. The average molecular weight is 189 g/mol. The molecule has 2 heteroatoms. The van der Waals surface area contributed by atoms with E-state index in [1.807, 2.05) is 18.2 Å². The second kappa shape index (κ2) is 3.62. The third-order valence-electron chi connectivity index (χ3n) is 1.91. The van der Waals surface area contributed by atoms with Gasteiger partial charge in [-0.1, -0.05) is 18.2 Å². The molecule has 0 radical (unpaired) electrons. The Hall–Kier alpha value is -1.28. The molecule has 0 spiro atoms. The molecule has 2 N–H and O–H groups in total. The van der Waals surface area contributed by atoms with Crippen LogP contribution in [0.2, 0.25) is 0 Å². The molecule has 1 heterocycles. The first-order valence-electron chi connectivity index (χ1n) is 4.21. The van der Waals surface area contributed by atoms with Gasteiger partial charge in [-0.15, -0.1) is 11.3 Å². The van der Waals surface area contributed by atoms with Crippen molar-refractivity contribution in [3.8, 4) is 0 Å². The Morgan fingerprint density at radius 2 is 2.08 bits per heavy atom. The second-order valence-electron chi connectivity index (χ2n) is 3.00. The van der Waals surface area contributed by atoms with E-state index in [-0.39, 0.29) is 0 Å². The zero-order chi connectivity index (χ0) is 9.10. The first kappa shape index (κ1) is 8.32. The lowest BCUT2D eigenvalue weighted by Crippen LogP contribution is -1.88. The molecule has 1 nitrogen and oxygen atoms in total. The fourth-order valence-electron chi connectivity index (χ4n) is 1.32. The maximum absolute atomic E-state index is 5.69. The first-order valence-corrected chi connectivity index (χ1v) is 5.09. The quantitative estimate of drug-likeness (QED) is 0.722. The van der Waals surface area contributed by atoms with Crippen LogP contribution in [0, 0.1) is 0 Å². The topological polar surface area (TPSA) is 26.0 Å². The standard InChI is InChI=1S/C11H11NS/c12-10-4-1-3-9(7-10)8-11-5-2-6-13-11/h1-7H,8,12H2. The number of rotatable bonds is 2. The molecule has 0 bridgehead atoms. The van der Waals surface area contributed by atoms with Gasteiger partial charge in [0, 0.05) is 17.0 Å². The predicted molar refractivity (Wildman–Crippen MR) is 58.0 cm³/mol.